The average molecular weight is 610 g/mol. The minimum atomic E-state index is -4.06. The maximum Gasteiger partial charge on any atom is 0.270 e. The third-order valence-electron chi connectivity index (χ3n) is 7.90. The first-order chi connectivity index (χ1) is 20.4. The molecule has 1 saturated carbocycles. The number of rotatable bonds is 13. The van der Waals surface area contributed by atoms with Gasteiger partial charge in [0.2, 0.25) is 11.8 Å². The minimum absolute atomic E-state index is 0.00619. The summed E-state index contributed by atoms with van der Waals surface area (Å²) < 4.78 is 45.3. The number of nitrogens with zero attached hydrogens (tertiary/aromatic N) is 6. The molecule has 0 bridgehead atoms. The highest BCUT2D eigenvalue weighted by Crippen LogP contribution is 2.40. The van der Waals surface area contributed by atoms with Crippen LogP contribution in [0, 0.1) is 25.7 Å². The van der Waals surface area contributed by atoms with Gasteiger partial charge in [-0.1, -0.05) is 42.4 Å². The number of aryl methyl sites for hydroxylation is 2. The van der Waals surface area contributed by atoms with Gasteiger partial charge < -0.3 is 24.3 Å². The van der Waals surface area contributed by atoms with Gasteiger partial charge >= 0.3 is 0 Å². The summed E-state index contributed by atoms with van der Waals surface area (Å²) in [5.74, 6) is 2.56. The molecule has 3 atom stereocenters. The molecule has 12 nitrogen and oxygen atoms in total. The average Bonchev–Trinajstić information content (AvgIpc) is 3.31. The van der Waals surface area contributed by atoms with Gasteiger partial charge in [0.1, 0.15) is 17.3 Å². The molecular formula is C30H39N7O5S. The summed E-state index contributed by atoms with van der Waals surface area (Å²) >= 11 is 0. The van der Waals surface area contributed by atoms with Gasteiger partial charge in [-0.25, -0.2) is 13.4 Å². The van der Waals surface area contributed by atoms with Crippen LogP contribution in [0.2, 0.25) is 0 Å². The van der Waals surface area contributed by atoms with E-state index in [9.17, 15) is 8.42 Å². The molecule has 4 aromatic rings. The molecule has 0 saturated heterocycles. The number of pyridine rings is 1. The monoisotopic (exact) mass is 609 g/mol. The SMILES string of the molecule is COCCN(CC1CC1C)c1cc(-c2nnc([C@](C)(N)Cc3ccccc3)o2)cc(N(C)S(=O)(=O)c2c(C)noc2C)n1. The highest BCUT2D eigenvalue weighted by molar-refractivity contribution is 7.92. The van der Waals surface area contributed by atoms with Crippen LogP contribution >= 0.6 is 0 Å². The molecule has 0 amide bonds. The molecule has 3 aromatic heterocycles. The number of nitrogens with two attached hydrogens (primary N) is 1. The van der Waals surface area contributed by atoms with Crippen molar-refractivity contribution >= 4 is 21.7 Å². The number of methoxy groups -OCH3 is 1. The maximum absolute atomic E-state index is 13.8. The Labute approximate surface area is 252 Å². The lowest BCUT2D eigenvalue weighted by atomic mass is 9.94. The molecule has 1 aliphatic carbocycles. The molecule has 2 unspecified atom stereocenters. The van der Waals surface area contributed by atoms with Crippen molar-refractivity contribution in [2.75, 3.05) is 43.1 Å². The largest absolute Gasteiger partial charge is 0.419 e. The van der Waals surface area contributed by atoms with Gasteiger partial charge in [-0.3, -0.25) is 4.31 Å². The fourth-order valence-corrected chi connectivity index (χ4v) is 6.58. The first-order valence-corrected chi connectivity index (χ1v) is 15.7. The highest BCUT2D eigenvalue weighted by Gasteiger charge is 2.36. The van der Waals surface area contributed by atoms with E-state index in [0.717, 1.165) is 22.8 Å². The Morgan fingerprint density at radius 2 is 1.84 bits per heavy atom. The van der Waals surface area contributed by atoms with Crippen LogP contribution in [0.3, 0.4) is 0 Å². The summed E-state index contributed by atoms with van der Waals surface area (Å²) in [5, 5.41) is 12.5. The Morgan fingerprint density at radius 3 is 2.47 bits per heavy atom. The number of benzene rings is 1. The lowest BCUT2D eigenvalue weighted by molar-refractivity contribution is 0.204. The third-order valence-corrected chi connectivity index (χ3v) is 9.91. The van der Waals surface area contributed by atoms with Gasteiger partial charge in [0.15, 0.2) is 10.7 Å². The second-order valence-electron chi connectivity index (χ2n) is 11.6. The van der Waals surface area contributed by atoms with Crippen LogP contribution in [0.25, 0.3) is 11.5 Å². The summed E-state index contributed by atoms with van der Waals surface area (Å²) in [6, 6.07) is 13.3. The van der Waals surface area contributed by atoms with Crippen LogP contribution in [0.1, 0.15) is 43.2 Å². The Morgan fingerprint density at radius 1 is 1.14 bits per heavy atom. The van der Waals surface area contributed by atoms with E-state index in [1.165, 1.54) is 7.05 Å². The lowest BCUT2D eigenvalue weighted by Gasteiger charge is -2.26. The van der Waals surface area contributed by atoms with Crippen molar-refractivity contribution in [1.29, 1.82) is 0 Å². The first-order valence-electron chi connectivity index (χ1n) is 14.3. The molecule has 1 fully saturated rings. The molecule has 0 aliphatic heterocycles. The predicted molar refractivity (Wildman–Crippen MR) is 162 cm³/mol. The van der Waals surface area contributed by atoms with Gasteiger partial charge in [0.25, 0.3) is 10.0 Å². The summed E-state index contributed by atoms with van der Waals surface area (Å²) in [4.78, 5) is 6.93. The summed E-state index contributed by atoms with van der Waals surface area (Å²) in [7, 11) is -0.953. The van der Waals surface area contributed by atoms with E-state index < -0.39 is 15.6 Å². The van der Waals surface area contributed by atoms with Crippen LogP contribution < -0.4 is 14.9 Å². The van der Waals surface area contributed by atoms with E-state index >= 15 is 0 Å². The van der Waals surface area contributed by atoms with Crippen LogP contribution in [-0.4, -0.2) is 62.6 Å². The molecule has 43 heavy (non-hydrogen) atoms. The second-order valence-corrected chi connectivity index (χ2v) is 13.5. The molecule has 5 rings (SSSR count). The molecule has 230 valence electrons. The van der Waals surface area contributed by atoms with Gasteiger partial charge in [-0.2, -0.15) is 0 Å². The van der Waals surface area contributed by atoms with Gasteiger partial charge in [-0.15, -0.1) is 10.2 Å². The van der Waals surface area contributed by atoms with Gasteiger partial charge in [-0.05, 0) is 63.1 Å². The van der Waals surface area contributed by atoms with Crippen molar-refractivity contribution < 1.29 is 22.1 Å². The predicted octanol–water partition coefficient (Wildman–Crippen LogP) is 4.09. The standard InChI is InChI=1S/C30H39N7O5S/c1-19-14-24(19)18-37(12-13-40-6)26-16-23(15-25(32-26)36(5)43(38,39)27-20(2)35-42-21(27)3)28-33-34-29(41-28)30(4,31)17-22-10-8-7-9-11-22/h7-11,15-16,19,24H,12-14,17-18,31H2,1-6H3/t19?,24?,30-/m1/s1. The molecule has 2 N–H and O–H groups in total. The molecule has 0 spiro atoms. The zero-order valence-electron chi connectivity index (χ0n) is 25.4. The number of hydrogen-bond acceptors (Lipinski definition) is 11. The molecule has 0 radical (unpaired) electrons. The Kier molecular flexibility index (Phi) is 8.59. The van der Waals surface area contributed by atoms with Crippen LogP contribution in [0.5, 0.6) is 0 Å². The molecule has 13 heteroatoms. The Hall–Kier alpha value is -3.81. The van der Waals surface area contributed by atoms with E-state index in [2.05, 4.69) is 27.2 Å². The topological polar surface area (TPSA) is 154 Å². The maximum atomic E-state index is 13.8. The summed E-state index contributed by atoms with van der Waals surface area (Å²) in [5.41, 5.74) is 7.55. The second kappa shape index (κ2) is 12.1. The van der Waals surface area contributed by atoms with Crippen LogP contribution in [-0.2, 0) is 26.7 Å². The molecular weight excluding hydrogens is 570 g/mol. The van der Waals surface area contributed by atoms with Crippen molar-refractivity contribution in [1.82, 2.24) is 20.3 Å². The minimum Gasteiger partial charge on any atom is -0.419 e. The fourth-order valence-electron chi connectivity index (χ4n) is 5.16. The fraction of sp³-hybridized carbons (Fsp3) is 0.467. The quantitative estimate of drug-likeness (QED) is 0.233. The third kappa shape index (κ3) is 6.58. The number of sulfonamides is 1. The number of ether oxygens (including phenoxy) is 1. The van der Waals surface area contributed by atoms with E-state index in [1.54, 1.807) is 27.0 Å². The van der Waals surface area contributed by atoms with Crippen molar-refractivity contribution in [3.63, 3.8) is 0 Å². The van der Waals surface area contributed by atoms with Gasteiger partial charge in [0, 0.05) is 32.8 Å². The molecule has 3 heterocycles. The number of aromatic nitrogens is 4. The Bertz CT molecular complexity index is 1650. The zero-order chi connectivity index (χ0) is 30.9. The van der Waals surface area contributed by atoms with Crippen molar-refractivity contribution in [2.24, 2.45) is 17.6 Å². The summed E-state index contributed by atoms with van der Waals surface area (Å²) in [6.07, 6.45) is 1.62. The van der Waals surface area contributed by atoms with Crippen molar-refractivity contribution in [2.45, 2.75) is 51.0 Å². The van der Waals surface area contributed by atoms with E-state index in [-0.39, 0.29) is 33.9 Å². The first kappa shape index (κ1) is 30.6. The normalized spacial score (nSPS) is 17.9. The van der Waals surface area contributed by atoms with Crippen molar-refractivity contribution in [3.8, 4) is 11.5 Å². The van der Waals surface area contributed by atoms with E-state index in [0.29, 0.717) is 42.8 Å². The lowest BCUT2D eigenvalue weighted by Crippen LogP contribution is -2.35. The number of anilines is 2. The smallest absolute Gasteiger partial charge is 0.270 e. The van der Waals surface area contributed by atoms with Gasteiger partial charge in [0.05, 0.1) is 12.1 Å². The van der Waals surface area contributed by atoms with Crippen LogP contribution in [0.4, 0.5) is 11.6 Å². The summed E-state index contributed by atoms with van der Waals surface area (Å²) in [6.45, 7) is 9.03. The zero-order valence-corrected chi connectivity index (χ0v) is 26.3. The number of hydrogen-bond donors (Lipinski definition) is 1. The van der Waals surface area contributed by atoms with E-state index in [1.807, 2.05) is 43.3 Å². The van der Waals surface area contributed by atoms with E-state index in [4.69, 9.17) is 24.4 Å². The van der Waals surface area contributed by atoms with Crippen LogP contribution in [0.15, 0.2) is 56.3 Å². The Balaban J connectivity index is 1.56. The van der Waals surface area contributed by atoms with Crippen molar-refractivity contribution in [3.05, 3.63) is 65.4 Å². The highest BCUT2D eigenvalue weighted by atomic mass is 32.2. The molecule has 1 aromatic carbocycles. The molecule has 1 aliphatic rings.